The summed E-state index contributed by atoms with van der Waals surface area (Å²) < 4.78 is 0. The summed E-state index contributed by atoms with van der Waals surface area (Å²) >= 11 is 1.18. The van der Waals surface area contributed by atoms with Crippen LogP contribution in [0.15, 0.2) is 59.1 Å². The number of carbonyl (C=O) groups is 1. The molecule has 27 heavy (non-hydrogen) atoms. The number of nitriles is 1. The molecule has 2 rings (SSSR count). The largest absolute Gasteiger partial charge is 0.365 e. The maximum absolute atomic E-state index is 11.6. The average Bonchev–Trinajstić information content (AvgIpc) is 2.67. The molecule has 138 valence electrons. The van der Waals surface area contributed by atoms with Gasteiger partial charge in [0.25, 0.3) is 11.6 Å². The Hall–Kier alpha value is -3.31. The molecule has 0 bridgehead atoms. The summed E-state index contributed by atoms with van der Waals surface area (Å²) in [7, 11) is 0. The van der Waals surface area contributed by atoms with Crippen LogP contribution in [0.4, 0.5) is 11.4 Å². The van der Waals surface area contributed by atoms with Gasteiger partial charge in [0.15, 0.2) is 0 Å². The van der Waals surface area contributed by atoms with Gasteiger partial charge >= 0.3 is 0 Å². The van der Waals surface area contributed by atoms with Crippen LogP contribution in [0.2, 0.25) is 0 Å². The van der Waals surface area contributed by atoms with Crippen molar-refractivity contribution in [2.75, 3.05) is 5.32 Å². The Bertz CT molecular complexity index is 917. The maximum Gasteiger partial charge on any atom is 0.269 e. The number of thioether (sulfide) groups is 1. The molecule has 0 heterocycles. The van der Waals surface area contributed by atoms with Gasteiger partial charge in [0.1, 0.15) is 11.6 Å². The number of nitro groups is 1. The summed E-state index contributed by atoms with van der Waals surface area (Å²) in [6, 6.07) is 15.6. The van der Waals surface area contributed by atoms with Gasteiger partial charge in [0, 0.05) is 23.6 Å². The van der Waals surface area contributed by atoms with Crippen molar-refractivity contribution in [1.29, 1.82) is 5.26 Å². The minimum Gasteiger partial charge on any atom is -0.365 e. The summed E-state index contributed by atoms with van der Waals surface area (Å²) in [6.07, 6.45) is 0.898. The number of amides is 1. The van der Waals surface area contributed by atoms with E-state index in [2.05, 4.69) is 5.32 Å². The number of hydrogen-bond donors (Lipinski definition) is 2. The molecule has 2 aromatic rings. The highest BCUT2D eigenvalue weighted by molar-refractivity contribution is 8.02. The Morgan fingerprint density at radius 3 is 2.52 bits per heavy atom. The van der Waals surface area contributed by atoms with Gasteiger partial charge in [-0.15, -0.1) is 11.8 Å². The monoisotopic (exact) mass is 382 g/mol. The van der Waals surface area contributed by atoms with Gasteiger partial charge < -0.3 is 11.1 Å². The van der Waals surface area contributed by atoms with Gasteiger partial charge in [-0.05, 0) is 29.7 Å². The molecular weight excluding hydrogens is 364 g/mol. The molecule has 0 spiro atoms. The average molecular weight is 382 g/mol. The van der Waals surface area contributed by atoms with Crippen LogP contribution in [-0.4, -0.2) is 10.8 Å². The Balaban J connectivity index is 2.25. The van der Waals surface area contributed by atoms with Gasteiger partial charge in [-0.25, -0.2) is 0 Å². The van der Waals surface area contributed by atoms with E-state index < -0.39 is 10.8 Å². The summed E-state index contributed by atoms with van der Waals surface area (Å²) in [5.41, 5.74) is 7.67. The molecule has 0 radical (unpaired) electrons. The van der Waals surface area contributed by atoms with Crippen molar-refractivity contribution in [1.82, 2.24) is 0 Å². The molecule has 0 aromatic heterocycles. The molecule has 0 saturated heterocycles. The van der Waals surface area contributed by atoms with Crippen LogP contribution in [0.5, 0.6) is 0 Å². The quantitative estimate of drug-likeness (QED) is 0.310. The fourth-order valence-electron chi connectivity index (χ4n) is 2.26. The lowest BCUT2D eigenvalue weighted by Gasteiger charge is -2.12. The molecule has 2 aromatic carbocycles. The van der Waals surface area contributed by atoms with Crippen molar-refractivity contribution in [3.05, 3.63) is 80.4 Å². The summed E-state index contributed by atoms with van der Waals surface area (Å²) in [5.74, 6) is -0.507. The minimum atomic E-state index is -0.836. The summed E-state index contributed by atoms with van der Waals surface area (Å²) in [6.45, 7) is 2.05. The van der Waals surface area contributed by atoms with E-state index in [1.807, 2.05) is 37.3 Å². The molecular formula is C19H18N4O3S. The normalized spacial score (nSPS) is 11.3. The second kappa shape index (κ2) is 9.40. The van der Waals surface area contributed by atoms with Crippen molar-refractivity contribution >= 4 is 29.0 Å². The number of nitrogens with zero attached hydrogens (tertiary/aromatic N) is 2. The van der Waals surface area contributed by atoms with Crippen molar-refractivity contribution in [2.45, 2.75) is 19.1 Å². The molecule has 0 atom stereocenters. The molecule has 1 amide bonds. The lowest BCUT2D eigenvalue weighted by atomic mass is 10.1. The van der Waals surface area contributed by atoms with E-state index >= 15 is 0 Å². The van der Waals surface area contributed by atoms with E-state index in [4.69, 9.17) is 5.73 Å². The second-order valence-electron chi connectivity index (χ2n) is 5.57. The zero-order chi connectivity index (χ0) is 19.8. The van der Waals surface area contributed by atoms with E-state index in [-0.39, 0.29) is 11.3 Å². The number of anilines is 1. The number of nitro benzene ring substituents is 1. The first-order chi connectivity index (χ1) is 12.9. The van der Waals surface area contributed by atoms with Gasteiger partial charge in [-0.1, -0.05) is 31.2 Å². The first-order valence-corrected chi connectivity index (χ1v) is 9.09. The molecule has 8 heteroatoms. The number of aryl methyl sites for hydroxylation is 1. The van der Waals surface area contributed by atoms with E-state index in [0.717, 1.165) is 12.0 Å². The third kappa shape index (κ3) is 5.59. The Morgan fingerprint density at radius 1 is 1.26 bits per heavy atom. The second-order valence-corrected chi connectivity index (χ2v) is 6.56. The first kappa shape index (κ1) is 20.0. The number of nitrogens with two attached hydrogens (primary N) is 1. The van der Waals surface area contributed by atoms with Crippen LogP contribution in [0, 0.1) is 21.4 Å². The minimum absolute atomic E-state index is 0.0165. The molecule has 0 aliphatic heterocycles. The third-order valence-corrected chi connectivity index (χ3v) is 4.78. The van der Waals surface area contributed by atoms with Crippen molar-refractivity contribution < 1.29 is 9.72 Å². The maximum atomic E-state index is 11.6. The van der Waals surface area contributed by atoms with Crippen LogP contribution >= 0.6 is 11.8 Å². The van der Waals surface area contributed by atoms with E-state index in [1.165, 1.54) is 23.9 Å². The highest BCUT2D eigenvalue weighted by Crippen LogP contribution is 2.27. The zero-order valence-electron chi connectivity index (χ0n) is 14.6. The lowest BCUT2D eigenvalue weighted by Crippen LogP contribution is -2.16. The number of carbonyl (C=O) groups excluding carboxylic acids is 1. The predicted molar refractivity (Wildman–Crippen MR) is 106 cm³/mol. The van der Waals surface area contributed by atoms with Gasteiger partial charge in [-0.3, -0.25) is 14.9 Å². The standard InChI is InChI=1S/C19H18N4O3S/c1-2-13-6-8-15(9-7-13)22-19(17(11-20)18(21)24)27-12-14-4-3-5-16(10-14)23(25)26/h3-10,22H,2,12H2,1H3,(H2,21,24)/b19-17+. The Morgan fingerprint density at radius 2 is 1.96 bits per heavy atom. The summed E-state index contributed by atoms with van der Waals surface area (Å²) in [5, 5.41) is 23.6. The van der Waals surface area contributed by atoms with Crippen molar-refractivity contribution in [3.8, 4) is 6.07 Å². The predicted octanol–water partition coefficient (Wildman–Crippen LogP) is 3.72. The van der Waals surface area contributed by atoms with Crippen molar-refractivity contribution in [2.24, 2.45) is 5.73 Å². The number of non-ortho nitro benzene ring substituents is 1. The Kier molecular flexibility index (Phi) is 6.97. The van der Waals surface area contributed by atoms with Crippen LogP contribution in [-0.2, 0) is 17.0 Å². The van der Waals surface area contributed by atoms with Crippen LogP contribution < -0.4 is 11.1 Å². The highest BCUT2D eigenvalue weighted by atomic mass is 32.2. The van der Waals surface area contributed by atoms with Crippen LogP contribution in [0.25, 0.3) is 0 Å². The van der Waals surface area contributed by atoms with Gasteiger partial charge in [-0.2, -0.15) is 5.26 Å². The third-order valence-electron chi connectivity index (χ3n) is 3.71. The van der Waals surface area contributed by atoms with E-state index in [9.17, 15) is 20.2 Å². The molecule has 7 nitrogen and oxygen atoms in total. The van der Waals surface area contributed by atoms with Crippen molar-refractivity contribution in [3.63, 3.8) is 0 Å². The van der Waals surface area contributed by atoms with Crippen LogP contribution in [0.1, 0.15) is 18.1 Å². The fourth-order valence-corrected chi connectivity index (χ4v) is 3.23. The molecule has 0 aliphatic rings. The molecule has 0 fully saturated rings. The van der Waals surface area contributed by atoms with E-state index in [1.54, 1.807) is 12.1 Å². The lowest BCUT2D eigenvalue weighted by molar-refractivity contribution is -0.384. The highest BCUT2D eigenvalue weighted by Gasteiger charge is 2.15. The van der Waals surface area contributed by atoms with E-state index in [0.29, 0.717) is 22.0 Å². The fraction of sp³-hybridized carbons (Fsp3) is 0.158. The smallest absolute Gasteiger partial charge is 0.269 e. The zero-order valence-corrected chi connectivity index (χ0v) is 15.5. The Labute approximate surface area is 161 Å². The first-order valence-electron chi connectivity index (χ1n) is 8.10. The van der Waals surface area contributed by atoms with Crippen LogP contribution in [0.3, 0.4) is 0 Å². The SMILES string of the molecule is CCc1ccc(N/C(SCc2cccc([N+](=O)[O-])c2)=C(/C#N)C(N)=O)cc1. The topological polar surface area (TPSA) is 122 Å². The number of benzene rings is 2. The summed E-state index contributed by atoms with van der Waals surface area (Å²) in [4.78, 5) is 22.0. The number of rotatable bonds is 8. The number of nitrogens with one attached hydrogen (secondary N) is 1. The number of hydrogen-bond acceptors (Lipinski definition) is 6. The molecule has 0 unspecified atom stereocenters. The van der Waals surface area contributed by atoms with Gasteiger partial charge in [0.05, 0.1) is 9.95 Å². The number of primary amides is 1. The molecule has 0 aliphatic carbocycles. The molecule has 0 saturated carbocycles. The van der Waals surface area contributed by atoms with Gasteiger partial charge in [0.2, 0.25) is 0 Å². The molecule has 3 N–H and O–H groups in total.